The van der Waals surface area contributed by atoms with Crippen LogP contribution in [0.2, 0.25) is 5.15 Å². The van der Waals surface area contributed by atoms with E-state index in [2.05, 4.69) is 21.8 Å². The second-order valence-electron chi connectivity index (χ2n) is 5.06. The third-order valence-electron chi connectivity index (χ3n) is 3.34. The summed E-state index contributed by atoms with van der Waals surface area (Å²) in [6.45, 7) is 7.43. The molecule has 0 amide bonds. The average molecular weight is 254 g/mol. The lowest BCUT2D eigenvalue weighted by Crippen LogP contribution is -2.25. The molecule has 1 unspecified atom stereocenters. The van der Waals surface area contributed by atoms with Crippen molar-refractivity contribution in [3.05, 3.63) is 22.7 Å². The molecule has 0 saturated carbocycles. The Hall–Kier alpha value is -0.670. The van der Waals surface area contributed by atoms with Crippen molar-refractivity contribution in [1.29, 1.82) is 0 Å². The van der Waals surface area contributed by atoms with E-state index in [4.69, 9.17) is 11.6 Å². The Labute approximate surface area is 108 Å². The lowest BCUT2D eigenvalue weighted by Gasteiger charge is -2.18. The molecule has 1 aliphatic rings. The summed E-state index contributed by atoms with van der Waals surface area (Å²) in [4.78, 5) is 11.2. The van der Waals surface area contributed by atoms with E-state index in [1.807, 2.05) is 6.92 Å². The third kappa shape index (κ3) is 3.93. The molecule has 0 radical (unpaired) electrons. The Kier molecular flexibility index (Phi) is 4.35. The van der Waals surface area contributed by atoms with E-state index in [0.29, 0.717) is 5.15 Å². The fourth-order valence-electron chi connectivity index (χ4n) is 2.34. The zero-order valence-electron chi connectivity index (χ0n) is 10.6. The van der Waals surface area contributed by atoms with Gasteiger partial charge in [0.15, 0.2) is 0 Å². The fraction of sp³-hybridized carbons (Fsp3) is 0.692. The number of aryl methyl sites for hydroxylation is 1. The van der Waals surface area contributed by atoms with Gasteiger partial charge in [0.1, 0.15) is 11.0 Å². The molecule has 1 fully saturated rings. The van der Waals surface area contributed by atoms with E-state index in [9.17, 15) is 0 Å². The molecule has 0 bridgehead atoms. The molecule has 2 heterocycles. The van der Waals surface area contributed by atoms with Crippen LogP contribution in [0, 0.1) is 12.8 Å². The van der Waals surface area contributed by atoms with Crippen LogP contribution in [0.3, 0.4) is 0 Å². The zero-order chi connectivity index (χ0) is 12.3. The molecule has 0 aliphatic carbocycles. The monoisotopic (exact) mass is 253 g/mol. The number of hydrogen-bond acceptors (Lipinski definition) is 3. The van der Waals surface area contributed by atoms with Crippen molar-refractivity contribution in [2.45, 2.75) is 39.7 Å². The highest BCUT2D eigenvalue weighted by Gasteiger charge is 2.15. The number of aromatic nitrogens is 2. The Morgan fingerprint density at radius 2 is 2.18 bits per heavy atom. The van der Waals surface area contributed by atoms with Crippen molar-refractivity contribution in [2.75, 3.05) is 13.1 Å². The van der Waals surface area contributed by atoms with Gasteiger partial charge < -0.3 is 0 Å². The summed E-state index contributed by atoms with van der Waals surface area (Å²) >= 11 is 5.95. The van der Waals surface area contributed by atoms with E-state index in [0.717, 1.165) is 37.1 Å². The summed E-state index contributed by atoms with van der Waals surface area (Å²) in [6, 6.07) is 1.80. The van der Waals surface area contributed by atoms with Crippen LogP contribution in [0.1, 0.15) is 37.7 Å². The van der Waals surface area contributed by atoms with Gasteiger partial charge in [-0.05, 0) is 51.3 Å². The van der Waals surface area contributed by atoms with Gasteiger partial charge in [0.2, 0.25) is 0 Å². The van der Waals surface area contributed by atoms with Crippen LogP contribution < -0.4 is 0 Å². The van der Waals surface area contributed by atoms with E-state index < -0.39 is 0 Å². The second-order valence-corrected chi connectivity index (χ2v) is 5.45. The van der Waals surface area contributed by atoms with Gasteiger partial charge >= 0.3 is 0 Å². The van der Waals surface area contributed by atoms with Crippen LogP contribution in [0.4, 0.5) is 0 Å². The summed E-state index contributed by atoms with van der Waals surface area (Å²) in [5.41, 5.74) is 0.947. The molecule has 0 N–H and O–H groups in total. The van der Waals surface area contributed by atoms with E-state index in [-0.39, 0.29) is 0 Å². The van der Waals surface area contributed by atoms with Gasteiger partial charge in [0.25, 0.3) is 0 Å². The predicted octanol–water partition coefficient (Wildman–Crippen LogP) is 3.06. The summed E-state index contributed by atoms with van der Waals surface area (Å²) in [5, 5.41) is 0.552. The quantitative estimate of drug-likeness (QED) is 0.759. The van der Waals surface area contributed by atoms with Crippen molar-refractivity contribution < 1.29 is 0 Å². The molecule has 0 spiro atoms. The molecule has 1 saturated heterocycles. The maximum Gasteiger partial charge on any atom is 0.144 e. The SMILES string of the molecule is Cc1cc(Cl)nc(CN2CCCC(C)CC2)n1. The minimum absolute atomic E-state index is 0.552. The molecule has 3 nitrogen and oxygen atoms in total. The lowest BCUT2D eigenvalue weighted by atomic mass is 10.0. The highest BCUT2D eigenvalue weighted by molar-refractivity contribution is 6.29. The summed E-state index contributed by atoms with van der Waals surface area (Å²) in [5.74, 6) is 1.70. The first-order valence-electron chi connectivity index (χ1n) is 6.36. The predicted molar refractivity (Wildman–Crippen MR) is 70.1 cm³/mol. The van der Waals surface area contributed by atoms with Crippen LogP contribution in [-0.2, 0) is 6.54 Å². The van der Waals surface area contributed by atoms with Gasteiger partial charge in [-0.25, -0.2) is 9.97 Å². The zero-order valence-corrected chi connectivity index (χ0v) is 11.4. The van der Waals surface area contributed by atoms with Gasteiger partial charge in [-0.3, -0.25) is 4.90 Å². The van der Waals surface area contributed by atoms with Crippen molar-refractivity contribution >= 4 is 11.6 Å². The molecule has 1 atom stereocenters. The summed E-state index contributed by atoms with van der Waals surface area (Å²) in [6.07, 6.45) is 3.90. The Morgan fingerprint density at radius 1 is 1.35 bits per heavy atom. The highest BCUT2D eigenvalue weighted by atomic mass is 35.5. The molecule has 4 heteroatoms. The number of likely N-dealkylation sites (tertiary alicyclic amines) is 1. The van der Waals surface area contributed by atoms with Gasteiger partial charge in [-0.2, -0.15) is 0 Å². The number of nitrogens with zero attached hydrogens (tertiary/aromatic N) is 3. The topological polar surface area (TPSA) is 29.0 Å². The Bertz CT molecular complexity index is 361. The second kappa shape index (κ2) is 5.78. The maximum absolute atomic E-state index is 5.95. The molecule has 2 rings (SSSR count). The highest BCUT2D eigenvalue weighted by Crippen LogP contribution is 2.17. The van der Waals surface area contributed by atoms with Crippen molar-refractivity contribution in [2.24, 2.45) is 5.92 Å². The largest absolute Gasteiger partial charge is 0.296 e. The van der Waals surface area contributed by atoms with Gasteiger partial charge in [-0.1, -0.05) is 18.5 Å². The molecule has 0 aromatic carbocycles. The van der Waals surface area contributed by atoms with Gasteiger partial charge in [-0.15, -0.1) is 0 Å². The normalized spacial score (nSPS) is 22.4. The standard InChI is InChI=1S/C13H20ClN3/c1-10-4-3-6-17(7-5-10)9-13-15-11(2)8-12(14)16-13/h8,10H,3-7,9H2,1-2H3. The van der Waals surface area contributed by atoms with Crippen LogP contribution in [-0.4, -0.2) is 28.0 Å². The molecule has 17 heavy (non-hydrogen) atoms. The summed E-state index contributed by atoms with van der Waals surface area (Å²) in [7, 11) is 0. The van der Waals surface area contributed by atoms with Crippen LogP contribution in [0.5, 0.6) is 0 Å². The maximum atomic E-state index is 5.95. The van der Waals surface area contributed by atoms with Crippen molar-refractivity contribution in [3.8, 4) is 0 Å². The van der Waals surface area contributed by atoms with E-state index >= 15 is 0 Å². The molecule has 94 valence electrons. The van der Waals surface area contributed by atoms with Crippen LogP contribution in [0.15, 0.2) is 6.07 Å². The molecular weight excluding hydrogens is 234 g/mol. The minimum atomic E-state index is 0.552. The molecule has 1 aliphatic heterocycles. The van der Waals surface area contributed by atoms with Crippen LogP contribution >= 0.6 is 11.6 Å². The minimum Gasteiger partial charge on any atom is -0.296 e. The smallest absolute Gasteiger partial charge is 0.144 e. The van der Waals surface area contributed by atoms with Crippen molar-refractivity contribution in [1.82, 2.24) is 14.9 Å². The van der Waals surface area contributed by atoms with Gasteiger partial charge in [0, 0.05) is 5.69 Å². The molecular formula is C13H20ClN3. The van der Waals surface area contributed by atoms with E-state index in [1.165, 1.54) is 19.3 Å². The first kappa shape index (κ1) is 12.8. The van der Waals surface area contributed by atoms with Gasteiger partial charge in [0.05, 0.1) is 6.54 Å². The number of hydrogen-bond donors (Lipinski definition) is 0. The average Bonchev–Trinajstić information content (AvgIpc) is 2.42. The first-order valence-corrected chi connectivity index (χ1v) is 6.73. The fourth-order valence-corrected chi connectivity index (χ4v) is 2.60. The summed E-state index contributed by atoms with van der Waals surface area (Å²) < 4.78 is 0. The molecule has 1 aromatic rings. The molecule has 1 aromatic heterocycles. The third-order valence-corrected chi connectivity index (χ3v) is 3.54. The Morgan fingerprint density at radius 3 is 2.94 bits per heavy atom. The number of rotatable bonds is 2. The lowest BCUT2D eigenvalue weighted by molar-refractivity contribution is 0.266. The Balaban J connectivity index is 1.99. The van der Waals surface area contributed by atoms with E-state index in [1.54, 1.807) is 6.07 Å². The van der Waals surface area contributed by atoms with Crippen molar-refractivity contribution in [3.63, 3.8) is 0 Å². The number of halogens is 1. The first-order chi connectivity index (χ1) is 8.13. The van der Waals surface area contributed by atoms with Crippen LogP contribution in [0.25, 0.3) is 0 Å².